The van der Waals surface area contributed by atoms with Crippen molar-refractivity contribution < 1.29 is 14.3 Å². The first-order chi connectivity index (χ1) is 11.2. The molecule has 0 saturated carbocycles. The van der Waals surface area contributed by atoms with Crippen molar-refractivity contribution in [2.45, 2.75) is 26.2 Å². The van der Waals surface area contributed by atoms with Crippen LogP contribution in [0.5, 0.6) is 0 Å². The lowest BCUT2D eigenvalue weighted by Gasteiger charge is -2.10. The van der Waals surface area contributed by atoms with Crippen LogP contribution >= 0.6 is 0 Å². The van der Waals surface area contributed by atoms with Gasteiger partial charge < -0.3 is 9.47 Å². The fourth-order valence-electron chi connectivity index (χ4n) is 2.34. The largest absolute Gasteiger partial charge is 0.460 e. The summed E-state index contributed by atoms with van der Waals surface area (Å²) in [6.07, 6.45) is 1.14. The molecule has 1 unspecified atom stereocenters. The fourth-order valence-corrected chi connectivity index (χ4v) is 2.34. The number of rotatable bonds is 7. The van der Waals surface area contributed by atoms with Crippen molar-refractivity contribution in [2.24, 2.45) is 0 Å². The van der Waals surface area contributed by atoms with Crippen LogP contribution in [0, 0.1) is 0 Å². The minimum atomic E-state index is -0.319. The maximum absolute atomic E-state index is 11.8. The van der Waals surface area contributed by atoms with Gasteiger partial charge in [0.25, 0.3) is 0 Å². The van der Waals surface area contributed by atoms with E-state index in [1.165, 1.54) is 5.56 Å². The lowest BCUT2D eigenvalue weighted by molar-refractivity contribution is 0.0388. The molecule has 0 aliphatic rings. The first-order valence-corrected chi connectivity index (χ1v) is 8.02. The summed E-state index contributed by atoms with van der Waals surface area (Å²) in [5.74, 6) is 0.258. The van der Waals surface area contributed by atoms with E-state index >= 15 is 0 Å². The SMILES string of the molecule is CCC(C)c1ccc(-c2ccc(C(=O)OCCOC)cc2)cc1. The number of carbonyl (C=O) groups is 1. The Balaban J connectivity index is 2.05. The van der Waals surface area contributed by atoms with Crippen molar-refractivity contribution in [3.63, 3.8) is 0 Å². The van der Waals surface area contributed by atoms with Crippen LogP contribution in [0.15, 0.2) is 48.5 Å². The monoisotopic (exact) mass is 312 g/mol. The lowest BCUT2D eigenvalue weighted by Crippen LogP contribution is -2.09. The molecule has 0 aliphatic carbocycles. The number of benzene rings is 2. The van der Waals surface area contributed by atoms with E-state index in [4.69, 9.17) is 9.47 Å². The summed E-state index contributed by atoms with van der Waals surface area (Å²) in [6, 6.07) is 16.1. The molecular weight excluding hydrogens is 288 g/mol. The van der Waals surface area contributed by atoms with Crippen molar-refractivity contribution >= 4 is 5.97 Å². The van der Waals surface area contributed by atoms with E-state index in [2.05, 4.69) is 38.1 Å². The second kappa shape index (κ2) is 8.49. The molecule has 0 saturated heterocycles. The van der Waals surface area contributed by atoms with Gasteiger partial charge in [0.2, 0.25) is 0 Å². The zero-order valence-electron chi connectivity index (χ0n) is 14.0. The van der Waals surface area contributed by atoms with E-state index < -0.39 is 0 Å². The predicted octanol–water partition coefficient (Wildman–Crippen LogP) is 4.67. The standard InChI is InChI=1S/C20H24O3/c1-4-15(2)16-5-7-17(8-6-16)18-9-11-19(12-10-18)20(21)23-14-13-22-3/h5-12,15H,4,13-14H2,1-3H3. The van der Waals surface area contributed by atoms with Crippen LogP contribution in [-0.2, 0) is 9.47 Å². The highest BCUT2D eigenvalue weighted by Crippen LogP contribution is 2.24. The zero-order valence-corrected chi connectivity index (χ0v) is 14.0. The smallest absolute Gasteiger partial charge is 0.338 e. The molecule has 0 bridgehead atoms. The number of hydrogen-bond acceptors (Lipinski definition) is 3. The Kier molecular flexibility index (Phi) is 6.36. The highest BCUT2D eigenvalue weighted by atomic mass is 16.6. The topological polar surface area (TPSA) is 35.5 Å². The van der Waals surface area contributed by atoms with E-state index in [1.807, 2.05) is 12.1 Å². The molecule has 0 amide bonds. The second-order valence-electron chi connectivity index (χ2n) is 5.64. The maximum atomic E-state index is 11.8. The Morgan fingerprint density at radius 1 is 0.957 bits per heavy atom. The molecule has 2 aromatic rings. The summed E-state index contributed by atoms with van der Waals surface area (Å²) >= 11 is 0. The summed E-state index contributed by atoms with van der Waals surface area (Å²) in [4.78, 5) is 11.8. The second-order valence-corrected chi connectivity index (χ2v) is 5.64. The molecule has 3 nitrogen and oxygen atoms in total. The molecule has 0 heterocycles. The third kappa shape index (κ3) is 4.67. The van der Waals surface area contributed by atoms with Gasteiger partial charge in [0.15, 0.2) is 0 Å². The van der Waals surface area contributed by atoms with Crippen molar-refractivity contribution in [3.05, 3.63) is 59.7 Å². The summed E-state index contributed by atoms with van der Waals surface area (Å²) in [6.45, 7) is 5.11. The molecule has 0 aliphatic heterocycles. The fraction of sp³-hybridized carbons (Fsp3) is 0.350. The molecule has 0 aromatic heterocycles. The summed E-state index contributed by atoms with van der Waals surface area (Å²) in [5.41, 5.74) is 4.15. The van der Waals surface area contributed by atoms with Gasteiger partial charge in [0.1, 0.15) is 6.61 Å². The first kappa shape index (κ1) is 17.2. The van der Waals surface area contributed by atoms with Crippen molar-refractivity contribution in [1.82, 2.24) is 0 Å². The van der Waals surface area contributed by atoms with Gasteiger partial charge in [-0.2, -0.15) is 0 Å². The summed E-state index contributed by atoms with van der Waals surface area (Å²) < 4.78 is 9.97. The van der Waals surface area contributed by atoms with Crippen LogP contribution in [0.1, 0.15) is 42.1 Å². The predicted molar refractivity (Wildman–Crippen MR) is 92.7 cm³/mol. The first-order valence-electron chi connectivity index (χ1n) is 8.02. The van der Waals surface area contributed by atoms with E-state index in [9.17, 15) is 4.79 Å². The van der Waals surface area contributed by atoms with Crippen LogP contribution in [0.2, 0.25) is 0 Å². The average molecular weight is 312 g/mol. The lowest BCUT2D eigenvalue weighted by atomic mass is 9.95. The van der Waals surface area contributed by atoms with Crippen molar-refractivity contribution in [3.8, 4) is 11.1 Å². The van der Waals surface area contributed by atoms with Crippen molar-refractivity contribution in [2.75, 3.05) is 20.3 Å². The highest BCUT2D eigenvalue weighted by Gasteiger charge is 2.08. The normalized spacial score (nSPS) is 12.0. The van der Waals surface area contributed by atoms with Crippen molar-refractivity contribution in [1.29, 1.82) is 0 Å². The van der Waals surface area contributed by atoms with E-state index in [0.29, 0.717) is 18.1 Å². The van der Waals surface area contributed by atoms with Gasteiger partial charge in [-0.15, -0.1) is 0 Å². The molecule has 0 radical (unpaired) electrons. The van der Waals surface area contributed by atoms with Crippen LogP contribution in [0.25, 0.3) is 11.1 Å². The van der Waals surface area contributed by atoms with Crippen LogP contribution in [0.3, 0.4) is 0 Å². The van der Waals surface area contributed by atoms with Gasteiger partial charge >= 0.3 is 5.97 Å². The molecular formula is C20H24O3. The van der Waals surface area contributed by atoms with Crippen LogP contribution in [0.4, 0.5) is 0 Å². The Morgan fingerprint density at radius 2 is 1.52 bits per heavy atom. The Labute approximate surface area is 138 Å². The highest BCUT2D eigenvalue weighted by molar-refractivity contribution is 5.90. The molecule has 0 spiro atoms. The third-order valence-corrected chi connectivity index (χ3v) is 4.07. The molecule has 0 N–H and O–H groups in total. The van der Waals surface area contributed by atoms with Gasteiger partial charge in [0, 0.05) is 7.11 Å². The van der Waals surface area contributed by atoms with Crippen LogP contribution < -0.4 is 0 Å². The number of ether oxygens (including phenoxy) is 2. The number of methoxy groups -OCH3 is 1. The number of hydrogen-bond donors (Lipinski definition) is 0. The quantitative estimate of drug-likeness (QED) is 0.550. The molecule has 1 atom stereocenters. The molecule has 122 valence electrons. The number of carbonyl (C=O) groups excluding carboxylic acids is 1. The average Bonchev–Trinajstić information content (AvgIpc) is 2.61. The molecule has 0 fully saturated rings. The zero-order chi connectivity index (χ0) is 16.7. The van der Waals surface area contributed by atoms with E-state index in [0.717, 1.165) is 17.5 Å². The molecule has 2 rings (SSSR count). The summed E-state index contributed by atoms with van der Waals surface area (Å²) in [5, 5.41) is 0. The molecule has 2 aromatic carbocycles. The molecule has 23 heavy (non-hydrogen) atoms. The molecule has 3 heteroatoms. The van der Waals surface area contributed by atoms with E-state index in [1.54, 1.807) is 19.2 Å². The number of esters is 1. The van der Waals surface area contributed by atoms with Gasteiger partial charge in [-0.25, -0.2) is 4.79 Å². The third-order valence-electron chi connectivity index (χ3n) is 4.07. The van der Waals surface area contributed by atoms with Gasteiger partial charge in [-0.1, -0.05) is 50.2 Å². The van der Waals surface area contributed by atoms with Gasteiger partial charge in [-0.05, 0) is 41.2 Å². The Hall–Kier alpha value is -2.13. The minimum Gasteiger partial charge on any atom is -0.460 e. The van der Waals surface area contributed by atoms with Gasteiger partial charge in [-0.3, -0.25) is 0 Å². The maximum Gasteiger partial charge on any atom is 0.338 e. The minimum absolute atomic E-state index is 0.272. The van der Waals surface area contributed by atoms with Gasteiger partial charge in [0.05, 0.1) is 12.2 Å². The Bertz CT molecular complexity index is 614. The summed E-state index contributed by atoms with van der Waals surface area (Å²) in [7, 11) is 1.58. The van der Waals surface area contributed by atoms with E-state index in [-0.39, 0.29) is 12.6 Å². The van der Waals surface area contributed by atoms with Crippen LogP contribution in [-0.4, -0.2) is 26.3 Å². The Morgan fingerprint density at radius 3 is 2.04 bits per heavy atom.